The average Bonchev–Trinajstić information content (AvgIpc) is 3.27. The van der Waals surface area contributed by atoms with Crippen LogP contribution in [0, 0.1) is 16.7 Å². The molecular weight excluding hydrogens is 474 g/mol. The van der Waals surface area contributed by atoms with Crippen molar-refractivity contribution in [3.05, 3.63) is 59.2 Å². The van der Waals surface area contributed by atoms with Crippen LogP contribution in [0.25, 0.3) is 0 Å². The van der Waals surface area contributed by atoms with Gasteiger partial charge >= 0.3 is 0 Å². The van der Waals surface area contributed by atoms with Gasteiger partial charge in [-0.05, 0) is 74.6 Å². The highest BCUT2D eigenvalue weighted by Gasteiger charge is 2.82. The summed E-state index contributed by atoms with van der Waals surface area (Å²) in [4.78, 5) is 2.76. The van der Waals surface area contributed by atoms with Crippen LogP contribution in [0.2, 0.25) is 0 Å². The van der Waals surface area contributed by atoms with Gasteiger partial charge in [-0.3, -0.25) is 4.90 Å². The number of ether oxygens (including phenoxy) is 2. The number of nitrogens with zero attached hydrogens (tertiary/aromatic N) is 1. The fraction of sp³-hybridized carbons (Fsp3) is 0.636. The molecule has 0 unspecified atom stereocenters. The molecule has 2 N–H and O–H groups in total. The van der Waals surface area contributed by atoms with Crippen molar-refractivity contribution in [3.63, 3.8) is 0 Å². The van der Waals surface area contributed by atoms with Gasteiger partial charge in [-0.1, -0.05) is 57.2 Å². The summed E-state index contributed by atoms with van der Waals surface area (Å²) < 4.78 is 13.5. The van der Waals surface area contributed by atoms with Crippen molar-refractivity contribution in [1.29, 1.82) is 0 Å². The minimum absolute atomic E-state index is 0.0289. The van der Waals surface area contributed by atoms with Crippen molar-refractivity contribution in [2.45, 2.75) is 95.0 Å². The molecule has 0 aromatic heterocycles. The maximum Gasteiger partial charge on any atom is 0.165 e. The molecule has 5 heteroatoms. The zero-order valence-electron chi connectivity index (χ0n) is 23.6. The molecule has 38 heavy (non-hydrogen) atoms. The Morgan fingerprint density at radius 3 is 2.53 bits per heavy atom. The fourth-order valence-electron chi connectivity index (χ4n) is 9.91. The third-order valence-corrected chi connectivity index (χ3v) is 12.2. The van der Waals surface area contributed by atoms with Crippen LogP contribution < -0.4 is 4.74 Å². The van der Waals surface area contributed by atoms with E-state index in [1.165, 1.54) is 16.7 Å². The molecule has 2 aromatic carbocycles. The van der Waals surface area contributed by atoms with Crippen molar-refractivity contribution >= 4 is 0 Å². The number of hydrogen-bond acceptors (Lipinski definition) is 5. The Labute approximate surface area is 227 Å². The van der Waals surface area contributed by atoms with Gasteiger partial charge in [0.2, 0.25) is 0 Å². The zero-order valence-corrected chi connectivity index (χ0v) is 23.6. The third kappa shape index (κ3) is 2.78. The van der Waals surface area contributed by atoms with Crippen LogP contribution in [-0.2, 0) is 23.0 Å². The van der Waals surface area contributed by atoms with Crippen molar-refractivity contribution in [1.82, 2.24) is 4.90 Å². The van der Waals surface area contributed by atoms with E-state index in [2.05, 4.69) is 62.1 Å². The first kappa shape index (κ1) is 24.9. The lowest BCUT2D eigenvalue weighted by Crippen LogP contribution is -2.83. The molecule has 6 aliphatic rings. The summed E-state index contributed by atoms with van der Waals surface area (Å²) in [5.74, 6) is 0.867. The van der Waals surface area contributed by atoms with Gasteiger partial charge in [0.25, 0.3) is 0 Å². The molecule has 204 valence electrons. The Morgan fingerprint density at radius 1 is 1.05 bits per heavy atom. The van der Waals surface area contributed by atoms with Crippen LogP contribution >= 0.6 is 0 Å². The Balaban J connectivity index is 1.39. The predicted octanol–water partition coefficient (Wildman–Crippen LogP) is 5.25. The molecule has 2 aliphatic heterocycles. The fourth-order valence-corrected chi connectivity index (χ4v) is 9.91. The molecule has 4 fully saturated rings. The van der Waals surface area contributed by atoms with Gasteiger partial charge in [0.1, 0.15) is 11.7 Å². The number of phenolic OH excluding ortho intramolecular Hbond substituents is 1. The molecule has 4 bridgehead atoms. The quantitative estimate of drug-likeness (QED) is 0.568. The molecule has 3 saturated carbocycles. The number of methoxy groups -OCH3 is 1. The summed E-state index contributed by atoms with van der Waals surface area (Å²) in [7, 11) is 1.82. The molecule has 4 aliphatic carbocycles. The van der Waals surface area contributed by atoms with Crippen molar-refractivity contribution < 1.29 is 19.7 Å². The predicted molar refractivity (Wildman–Crippen MR) is 148 cm³/mol. The van der Waals surface area contributed by atoms with Gasteiger partial charge in [-0.25, -0.2) is 0 Å². The number of rotatable bonds is 5. The minimum atomic E-state index is -0.943. The van der Waals surface area contributed by atoms with Crippen LogP contribution in [0.5, 0.6) is 11.5 Å². The second-order valence-electron chi connectivity index (χ2n) is 14.1. The lowest BCUT2D eigenvalue weighted by molar-refractivity contribution is -0.312. The summed E-state index contributed by atoms with van der Waals surface area (Å²) in [5, 5.41) is 23.3. The van der Waals surface area contributed by atoms with Crippen LogP contribution in [-0.4, -0.2) is 58.7 Å². The van der Waals surface area contributed by atoms with Gasteiger partial charge in [-0.15, -0.1) is 0 Å². The molecule has 7 atom stereocenters. The minimum Gasteiger partial charge on any atom is -0.504 e. The smallest absolute Gasteiger partial charge is 0.165 e. The van der Waals surface area contributed by atoms with E-state index in [0.717, 1.165) is 51.6 Å². The summed E-state index contributed by atoms with van der Waals surface area (Å²) in [6, 6.07) is 15.2. The summed E-state index contributed by atoms with van der Waals surface area (Å²) in [5.41, 5.74) is 1.89. The standard InChI is InChI=1S/C33H43NO4/c1-29(2,3)30(4,36)24-20-31-14-15-33(24,37-5)28-32(31)16-18-34(17-13-21-9-7-6-8-10-21)25(31)19-22-11-12-23(35)27(38-28)26(22)32/h6-12,24-25,28,35-36H,13-20H2,1-5H3/t24-,25-,28-,30+,31-,32+,33-/m1/s1. The van der Waals surface area contributed by atoms with E-state index in [4.69, 9.17) is 9.47 Å². The monoisotopic (exact) mass is 517 g/mol. The number of benzene rings is 2. The van der Waals surface area contributed by atoms with Gasteiger partial charge in [-0.2, -0.15) is 0 Å². The Kier molecular flexibility index (Phi) is 5.10. The topological polar surface area (TPSA) is 62.2 Å². The highest BCUT2D eigenvalue weighted by atomic mass is 16.6. The third-order valence-electron chi connectivity index (χ3n) is 12.2. The first-order valence-electron chi connectivity index (χ1n) is 14.6. The van der Waals surface area contributed by atoms with Gasteiger partial charge in [0, 0.05) is 42.0 Å². The van der Waals surface area contributed by atoms with E-state index in [0.29, 0.717) is 11.8 Å². The Morgan fingerprint density at radius 2 is 1.82 bits per heavy atom. The summed E-state index contributed by atoms with van der Waals surface area (Å²) >= 11 is 0. The Bertz CT molecular complexity index is 1270. The molecular formula is C33H43NO4. The maximum absolute atomic E-state index is 12.3. The lowest BCUT2D eigenvalue weighted by Gasteiger charge is -2.75. The van der Waals surface area contributed by atoms with Crippen LogP contribution in [0.3, 0.4) is 0 Å². The molecule has 2 heterocycles. The summed E-state index contributed by atoms with van der Waals surface area (Å²) in [6.07, 6.45) is 5.67. The van der Waals surface area contributed by atoms with Crippen LogP contribution in [0.1, 0.15) is 70.1 Å². The molecule has 1 saturated heterocycles. The number of fused-ring (bicyclic) bond motifs is 2. The van der Waals surface area contributed by atoms with Gasteiger partial charge < -0.3 is 19.7 Å². The second kappa shape index (κ2) is 7.77. The van der Waals surface area contributed by atoms with Crippen LogP contribution in [0.4, 0.5) is 0 Å². The number of aromatic hydroxyl groups is 1. The van der Waals surface area contributed by atoms with Crippen molar-refractivity contribution in [2.75, 3.05) is 20.2 Å². The van der Waals surface area contributed by atoms with E-state index in [1.807, 2.05) is 20.1 Å². The lowest BCUT2D eigenvalue weighted by atomic mass is 9.33. The van der Waals surface area contributed by atoms with E-state index < -0.39 is 11.2 Å². The molecule has 8 rings (SSSR count). The number of hydrogen-bond donors (Lipinski definition) is 2. The SMILES string of the molecule is CO[C@]12CC[C@@]3(C[C@@H]1[C@](C)(O)C(C)(C)C)[C@H]1Cc4ccc(O)c5c4[C@@]3(CCN1CCc1ccccc1)[C@H]2O5. The van der Waals surface area contributed by atoms with E-state index in [1.54, 1.807) is 0 Å². The van der Waals surface area contributed by atoms with Gasteiger partial charge in [0.15, 0.2) is 11.5 Å². The first-order valence-corrected chi connectivity index (χ1v) is 14.6. The second-order valence-corrected chi connectivity index (χ2v) is 14.1. The van der Waals surface area contributed by atoms with E-state index in [9.17, 15) is 10.2 Å². The molecule has 0 radical (unpaired) electrons. The molecule has 2 aromatic rings. The number of likely N-dealkylation sites (tertiary alicyclic amines) is 1. The first-order chi connectivity index (χ1) is 18.0. The average molecular weight is 518 g/mol. The molecule has 0 amide bonds. The highest BCUT2D eigenvalue weighted by molar-refractivity contribution is 5.63. The van der Waals surface area contributed by atoms with E-state index >= 15 is 0 Å². The van der Waals surface area contributed by atoms with Crippen molar-refractivity contribution in [3.8, 4) is 11.5 Å². The summed E-state index contributed by atoms with van der Waals surface area (Å²) in [6.45, 7) is 10.5. The number of aliphatic hydroxyl groups is 1. The highest BCUT2D eigenvalue weighted by Crippen LogP contribution is 2.78. The Hall–Kier alpha value is -2.08. The maximum atomic E-state index is 12.3. The van der Waals surface area contributed by atoms with E-state index in [-0.39, 0.29) is 34.0 Å². The largest absolute Gasteiger partial charge is 0.504 e. The van der Waals surface area contributed by atoms with Gasteiger partial charge in [0.05, 0.1) is 5.60 Å². The number of piperidine rings is 1. The van der Waals surface area contributed by atoms with Crippen LogP contribution in [0.15, 0.2) is 42.5 Å². The zero-order chi connectivity index (χ0) is 26.7. The molecule has 5 nitrogen and oxygen atoms in total. The molecule has 2 spiro atoms. The van der Waals surface area contributed by atoms with Crippen molar-refractivity contribution in [2.24, 2.45) is 16.7 Å². The number of phenols is 1. The normalized spacial score (nSPS) is 38.4.